The SMILES string of the molecule is CC(CN1CCCCC1)C(=O)c1cc(-c2ccccc2)on1.Cl. The van der Waals surface area contributed by atoms with Gasteiger partial charge in [0.1, 0.15) is 0 Å². The molecule has 1 fully saturated rings. The van der Waals surface area contributed by atoms with Crippen LogP contribution in [-0.4, -0.2) is 35.5 Å². The number of piperidine rings is 1. The van der Waals surface area contributed by atoms with Crippen molar-refractivity contribution in [1.82, 2.24) is 10.1 Å². The lowest BCUT2D eigenvalue weighted by Gasteiger charge is -2.28. The van der Waals surface area contributed by atoms with E-state index in [0.717, 1.165) is 25.2 Å². The highest BCUT2D eigenvalue weighted by Crippen LogP contribution is 2.21. The van der Waals surface area contributed by atoms with E-state index in [1.165, 1.54) is 19.3 Å². The molecule has 0 amide bonds. The topological polar surface area (TPSA) is 46.3 Å². The molecule has 2 heterocycles. The molecular formula is C18H23ClN2O2. The lowest BCUT2D eigenvalue weighted by molar-refractivity contribution is 0.0874. The number of carbonyl (C=O) groups excluding carboxylic acids is 1. The summed E-state index contributed by atoms with van der Waals surface area (Å²) in [5.74, 6) is 0.664. The van der Waals surface area contributed by atoms with Gasteiger partial charge in [-0.3, -0.25) is 4.79 Å². The monoisotopic (exact) mass is 334 g/mol. The van der Waals surface area contributed by atoms with Crippen molar-refractivity contribution in [1.29, 1.82) is 0 Å². The van der Waals surface area contributed by atoms with E-state index in [1.807, 2.05) is 37.3 Å². The van der Waals surface area contributed by atoms with Gasteiger partial charge in [0, 0.05) is 24.1 Å². The zero-order valence-electron chi connectivity index (χ0n) is 13.4. The summed E-state index contributed by atoms with van der Waals surface area (Å²) in [5.41, 5.74) is 1.38. The summed E-state index contributed by atoms with van der Waals surface area (Å²) in [4.78, 5) is 14.9. The molecule has 0 bridgehead atoms. The zero-order chi connectivity index (χ0) is 15.4. The van der Waals surface area contributed by atoms with Gasteiger partial charge in [-0.05, 0) is 25.9 Å². The summed E-state index contributed by atoms with van der Waals surface area (Å²) in [5, 5.41) is 3.96. The highest BCUT2D eigenvalue weighted by atomic mass is 35.5. The number of Topliss-reactive ketones (excluding diaryl/α,β-unsaturated/α-hetero) is 1. The van der Waals surface area contributed by atoms with Crippen molar-refractivity contribution < 1.29 is 9.32 Å². The third kappa shape index (κ3) is 4.43. The number of hydrogen-bond donors (Lipinski definition) is 0. The Morgan fingerprint density at radius 3 is 2.61 bits per heavy atom. The normalized spacial score (nSPS) is 16.6. The van der Waals surface area contributed by atoms with Gasteiger partial charge < -0.3 is 9.42 Å². The Bertz CT molecular complexity index is 621. The number of likely N-dealkylation sites (tertiary alicyclic amines) is 1. The Balaban J connectivity index is 0.00000192. The molecule has 1 saturated heterocycles. The van der Waals surface area contributed by atoms with Gasteiger partial charge in [-0.2, -0.15) is 0 Å². The molecule has 1 aliphatic rings. The number of halogens is 1. The van der Waals surface area contributed by atoms with E-state index in [2.05, 4.69) is 10.1 Å². The quantitative estimate of drug-likeness (QED) is 0.773. The van der Waals surface area contributed by atoms with Gasteiger partial charge in [-0.25, -0.2) is 0 Å². The highest BCUT2D eigenvalue weighted by molar-refractivity contribution is 5.96. The summed E-state index contributed by atoms with van der Waals surface area (Å²) in [6, 6.07) is 11.5. The minimum atomic E-state index is -0.0492. The van der Waals surface area contributed by atoms with E-state index in [9.17, 15) is 4.79 Å². The van der Waals surface area contributed by atoms with Crippen LogP contribution in [0.3, 0.4) is 0 Å². The number of nitrogens with zero attached hydrogens (tertiary/aromatic N) is 2. The first-order valence-corrected chi connectivity index (χ1v) is 8.03. The van der Waals surface area contributed by atoms with Crippen LogP contribution in [0.15, 0.2) is 40.9 Å². The van der Waals surface area contributed by atoms with Crippen LogP contribution >= 0.6 is 12.4 Å². The Hall–Kier alpha value is -1.65. The van der Waals surface area contributed by atoms with E-state index >= 15 is 0 Å². The highest BCUT2D eigenvalue weighted by Gasteiger charge is 2.23. The van der Waals surface area contributed by atoms with Gasteiger partial charge in [0.05, 0.1) is 0 Å². The molecule has 1 aliphatic heterocycles. The summed E-state index contributed by atoms with van der Waals surface area (Å²) in [6.07, 6.45) is 3.79. The van der Waals surface area contributed by atoms with Crippen LogP contribution in [-0.2, 0) is 0 Å². The molecule has 3 rings (SSSR count). The molecule has 0 spiro atoms. The molecule has 23 heavy (non-hydrogen) atoms. The molecule has 0 N–H and O–H groups in total. The van der Waals surface area contributed by atoms with Crippen molar-refractivity contribution in [3.8, 4) is 11.3 Å². The fourth-order valence-corrected chi connectivity index (χ4v) is 2.99. The number of ketones is 1. The number of hydrogen-bond acceptors (Lipinski definition) is 4. The van der Waals surface area contributed by atoms with Gasteiger partial charge in [0.15, 0.2) is 17.2 Å². The van der Waals surface area contributed by atoms with E-state index in [1.54, 1.807) is 6.07 Å². The Morgan fingerprint density at radius 2 is 1.91 bits per heavy atom. The molecule has 1 atom stereocenters. The fourth-order valence-electron chi connectivity index (χ4n) is 2.99. The van der Waals surface area contributed by atoms with Gasteiger partial charge in [-0.1, -0.05) is 48.8 Å². The third-order valence-corrected chi connectivity index (χ3v) is 4.25. The number of aromatic nitrogens is 1. The van der Waals surface area contributed by atoms with Crippen LogP contribution < -0.4 is 0 Å². The minimum Gasteiger partial charge on any atom is -0.356 e. The molecule has 1 aromatic heterocycles. The number of benzene rings is 1. The third-order valence-electron chi connectivity index (χ3n) is 4.25. The van der Waals surface area contributed by atoms with Crippen LogP contribution in [0.25, 0.3) is 11.3 Å². The summed E-state index contributed by atoms with van der Waals surface area (Å²) < 4.78 is 5.33. The van der Waals surface area contributed by atoms with E-state index in [0.29, 0.717) is 11.5 Å². The Morgan fingerprint density at radius 1 is 1.22 bits per heavy atom. The van der Waals surface area contributed by atoms with Gasteiger partial charge in [0.2, 0.25) is 0 Å². The first-order chi connectivity index (χ1) is 10.7. The first-order valence-electron chi connectivity index (χ1n) is 8.03. The maximum absolute atomic E-state index is 12.5. The Kier molecular flexibility index (Phi) is 6.37. The molecule has 0 radical (unpaired) electrons. The van der Waals surface area contributed by atoms with Crippen molar-refractivity contribution >= 4 is 18.2 Å². The zero-order valence-corrected chi connectivity index (χ0v) is 14.2. The van der Waals surface area contributed by atoms with Gasteiger partial charge in [-0.15, -0.1) is 12.4 Å². The smallest absolute Gasteiger partial charge is 0.188 e. The predicted molar refractivity (Wildman–Crippen MR) is 93.0 cm³/mol. The number of rotatable bonds is 5. The summed E-state index contributed by atoms with van der Waals surface area (Å²) in [6.45, 7) is 5.00. The van der Waals surface area contributed by atoms with Crippen LogP contribution in [0.2, 0.25) is 0 Å². The van der Waals surface area contributed by atoms with Crippen molar-refractivity contribution in [2.45, 2.75) is 26.2 Å². The first kappa shape index (κ1) is 17.7. The maximum Gasteiger partial charge on any atom is 0.188 e. The van der Waals surface area contributed by atoms with Crippen LogP contribution in [0, 0.1) is 5.92 Å². The van der Waals surface area contributed by atoms with E-state index in [-0.39, 0.29) is 24.1 Å². The molecule has 1 unspecified atom stereocenters. The molecule has 2 aromatic rings. The van der Waals surface area contributed by atoms with E-state index < -0.39 is 0 Å². The van der Waals surface area contributed by atoms with Crippen LogP contribution in [0.4, 0.5) is 0 Å². The molecule has 1 aromatic carbocycles. The van der Waals surface area contributed by atoms with Crippen molar-refractivity contribution in [3.63, 3.8) is 0 Å². The number of carbonyl (C=O) groups is 1. The van der Waals surface area contributed by atoms with E-state index in [4.69, 9.17) is 4.52 Å². The van der Waals surface area contributed by atoms with Gasteiger partial charge in [0.25, 0.3) is 0 Å². The van der Waals surface area contributed by atoms with Crippen LogP contribution in [0.5, 0.6) is 0 Å². The molecule has 4 nitrogen and oxygen atoms in total. The largest absolute Gasteiger partial charge is 0.356 e. The Labute approximate surface area is 143 Å². The molecule has 5 heteroatoms. The second-order valence-electron chi connectivity index (χ2n) is 6.07. The molecular weight excluding hydrogens is 312 g/mol. The summed E-state index contributed by atoms with van der Waals surface area (Å²) in [7, 11) is 0. The standard InChI is InChI=1S/C18H22N2O2.ClH/c1-14(13-20-10-6-3-7-11-20)18(21)16-12-17(22-19-16)15-8-4-2-5-9-15;/h2,4-5,8-9,12,14H,3,6-7,10-11,13H2,1H3;1H. The van der Waals surface area contributed by atoms with Crippen molar-refractivity contribution in [3.05, 3.63) is 42.1 Å². The molecule has 124 valence electrons. The molecule has 0 aliphatic carbocycles. The second-order valence-corrected chi connectivity index (χ2v) is 6.07. The second kappa shape index (κ2) is 8.27. The van der Waals surface area contributed by atoms with Crippen molar-refractivity contribution in [2.24, 2.45) is 5.92 Å². The average Bonchev–Trinajstić information content (AvgIpc) is 3.06. The lowest BCUT2D eigenvalue weighted by Crippen LogP contribution is -2.35. The maximum atomic E-state index is 12.5. The molecule has 0 saturated carbocycles. The fraction of sp³-hybridized carbons (Fsp3) is 0.444. The minimum absolute atomic E-state index is 0. The lowest BCUT2D eigenvalue weighted by atomic mass is 10.0. The van der Waals surface area contributed by atoms with Crippen LogP contribution in [0.1, 0.15) is 36.7 Å². The predicted octanol–water partition coefficient (Wildman–Crippen LogP) is 4.07. The van der Waals surface area contributed by atoms with Crippen molar-refractivity contribution in [2.75, 3.05) is 19.6 Å². The van der Waals surface area contributed by atoms with Gasteiger partial charge >= 0.3 is 0 Å². The summed E-state index contributed by atoms with van der Waals surface area (Å²) >= 11 is 0. The average molecular weight is 335 g/mol.